The number of halogens is 1. The van der Waals surface area contributed by atoms with Crippen molar-refractivity contribution in [2.24, 2.45) is 0 Å². The van der Waals surface area contributed by atoms with Gasteiger partial charge in [0.2, 0.25) is 0 Å². The van der Waals surface area contributed by atoms with Crippen LogP contribution in [0.15, 0.2) is 77.3 Å². The molecule has 5 nitrogen and oxygen atoms in total. The van der Waals surface area contributed by atoms with Crippen LogP contribution in [0.4, 0.5) is 11.4 Å². The Bertz CT molecular complexity index is 1260. The second kappa shape index (κ2) is 8.89. The Kier molecular flexibility index (Phi) is 5.66. The molecule has 6 heteroatoms. The molecule has 3 aromatic carbocycles. The van der Waals surface area contributed by atoms with Gasteiger partial charge >= 0.3 is 0 Å². The number of hydrogen-bond donors (Lipinski definition) is 1. The third-order valence-corrected chi connectivity index (χ3v) is 6.33. The number of hydrogen-bond acceptors (Lipinski definition) is 4. The summed E-state index contributed by atoms with van der Waals surface area (Å²) < 4.78 is 1.11. The number of piperazine rings is 1. The third-order valence-electron chi connectivity index (χ3n) is 5.81. The minimum atomic E-state index is 0.525. The molecule has 158 valence electrons. The van der Waals surface area contributed by atoms with E-state index in [1.54, 1.807) is 0 Å². The highest BCUT2D eigenvalue weighted by Crippen LogP contribution is 2.24. The maximum atomic E-state index is 9.66. The van der Waals surface area contributed by atoms with Gasteiger partial charge in [0, 0.05) is 42.0 Å². The molecule has 0 aliphatic carbocycles. The molecule has 4 aromatic rings. The molecule has 0 atom stereocenters. The highest BCUT2D eigenvalue weighted by molar-refractivity contribution is 9.10. The standard InChI is InChI=1S/C26H22BrN5/c27-21-7-11-23(12-8-21)32-15-13-31(14-16-32)22-9-5-19(6-10-22)17-20(18-28)26-29-24-3-1-2-4-25(24)30-26/h1-12,17H,13-16H2,(H,29,30)/b20-17+. The SMILES string of the molecule is N#C/C(=C\c1ccc(N2CCN(c3ccc(Br)cc3)CC2)cc1)c1nc2ccccc2[nH]1. The van der Waals surface area contributed by atoms with Crippen molar-refractivity contribution in [2.45, 2.75) is 0 Å². The predicted molar refractivity (Wildman–Crippen MR) is 135 cm³/mol. The van der Waals surface area contributed by atoms with E-state index < -0.39 is 0 Å². The molecular formula is C26H22BrN5. The molecule has 1 aliphatic rings. The number of aromatic nitrogens is 2. The molecule has 0 amide bonds. The average Bonchev–Trinajstić information content (AvgIpc) is 3.28. The first kappa shape index (κ1) is 20.3. The zero-order chi connectivity index (χ0) is 21.9. The fourth-order valence-electron chi connectivity index (χ4n) is 4.06. The largest absolute Gasteiger partial charge is 0.368 e. The zero-order valence-electron chi connectivity index (χ0n) is 17.5. The summed E-state index contributed by atoms with van der Waals surface area (Å²) in [5.74, 6) is 0.599. The van der Waals surface area contributed by atoms with Gasteiger partial charge in [0.25, 0.3) is 0 Å². The Hall–Kier alpha value is -3.56. The fraction of sp³-hybridized carbons (Fsp3) is 0.154. The lowest BCUT2D eigenvalue weighted by Crippen LogP contribution is -2.46. The first-order valence-corrected chi connectivity index (χ1v) is 11.4. The number of aromatic amines is 1. The lowest BCUT2D eigenvalue weighted by atomic mass is 10.1. The normalized spacial score (nSPS) is 14.6. The predicted octanol–water partition coefficient (Wildman–Crippen LogP) is 5.72. The average molecular weight is 484 g/mol. The molecule has 1 saturated heterocycles. The van der Waals surface area contributed by atoms with E-state index in [1.165, 1.54) is 11.4 Å². The van der Waals surface area contributed by atoms with Gasteiger partial charge in [-0.25, -0.2) is 4.98 Å². The number of nitrogens with one attached hydrogen (secondary N) is 1. The van der Waals surface area contributed by atoms with Crippen molar-refractivity contribution < 1.29 is 0 Å². The van der Waals surface area contributed by atoms with Gasteiger partial charge in [-0.15, -0.1) is 0 Å². The first-order valence-electron chi connectivity index (χ1n) is 10.6. The highest BCUT2D eigenvalue weighted by atomic mass is 79.9. The Morgan fingerprint density at radius 3 is 2.06 bits per heavy atom. The molecule has 5 rings (SSSR count). The van der Waals surface area contributed by atoms with Crippen molar-refractivity contribution in [3.63, 3.8) is 0 Å². The summed E-state index contributed by atoms with van der Waals surface area (Å²) in [5.41, 5.74) is 5.78. The zero-order valence-corrected chi connectivity index (χ0v) is 19.1. The molecule has 0 radical (unpaired) electrons. The van der Waals surface area contributed by atoms with Gasteiger partial charge in [0.1, 0.15) is 11.9 Å². The van der Waals surface area contributed by atoms with Crippen molar-refractivity contribution in [3.05, 3.63) is 88.7 Å². The summed E-state index contributed by atoms with van der Waals surface area (Å²) in [5, 5.41) is 9.66. The van der Waals surface area contributed by atoms with E-state index in [9.17, 15) is 5.26 Å². The molecule has 0 bridgehead atoms. The maximum Gasteiger partial charge on any atom is 0.149 e. The third kappa shape index (κ3) is 4.25. The molecule has 2 heterocycles. The number of rotatable bonds is 4. The number of imidazole rings is 1. The molecule has 0 saturated carbocycles. The Morgan fingerprint density at radius 1 is 0.875 bits per heavy atom. The summed E-state index contributed by atoms with van der Waals surface area (Å²) >= 11 is 3.50. The number of H-pyrrole nitrogens is 1. The number of benzene rings is 3. The van der Waals surface area contributed by atoms with Crippen LogP contribution in [0, 0.1) is 11.3 Å². The Balaban J connectivity index is 1.27. The van der Waals surface area contributed by atoms with Gasteiger partial charge in [-0.1, -0.05) is 40.2 Å². The summed E-state index contributed by atoms with van der Waals surface area (Å²) in [6.07, 6.45) is 1.88. The molecule has 1 N–H and O–H groups in total. The summed E-state index contributed by atoms with van der Waals surface area (Å²) in [6, 6.07) is 27.0. The monoisotopic (exact) mass is 483 g/mol. The molecule has 0 spiro atoms. The van der Waals surface area contributed by atoms with Crippen molar-refractivity contribution >= 4 is 50.0 Å². The highest BCUT2D eigenvalue weighted by Gasteiger charge is 2.17. The quantitative estimate of drug-likeness (QED) is 0.377. The Labute approximate surface area is 195 Å². The number of nitriles is 1. The number of allylic oxidation sites excluding steroid dienone is 1. The van der Waals surface area contributed by atoms with Crippen LogP contribution in [-0.4, -0.2) is 36.1 Å². The van der Waals surface area contributed by atoms with Crippen LogP contribution < -0.4 is 9.80 Å². The second-order valence-electron chi connectivity index (χ2n) is 7.81. The Morgan fingerprint density at radius 2 is 1.47 bits per heavy atom. The van der Waals surface area contributed by atoms with Crippen LogP contribution in [-0.2, 0) is 0 Å². The number of nitrogens with zero attached hydrogens (tertiary/aromatic N) is 4. The fourth-order valence-corrected chi connectivity index (χ4v) is 4.32. The van der Waals surface area contributed by atoms with E-state index in [2.05, 4.69) is 90.3 Å². The molecule has 32 heavy (non-hydrogen) atoms. The van der Waals surface area contributed by atoms with E-state index >= 15 is 0 Å². The smallest absolute Gasteiger partial charge is 0.149 e. The number of anilines is 2. The summed E-state index contributed by atoms with van der Waals surface area (Å²) in [4.78, 5) is 12.6. The summed E-state index contributed by atoms with van der Waals surface area (Å²) in [7, 11) is 0. The van der Waals surface area contributed by atoms with Gasteiger partial charge in [-0.3, -0.25) is 0 Å². The van der Waals surface area contributed by atoms with Crippen LogP contribution in [0.1, 0.15) is 11.4 Å². The molecule has 1 aromatic heterocycles. The van der Waals surface area contributed by atoms with E-state index in [0.29, 0.717) is 11.4 Å². The van der Waals surface area contributed by atoms with Crippen LogP contribution in [0.5, 0.6) is 0 Å². The molecular weight excluding hydrogens is 462 g/mol. The molecule has 1 aliphatic heterocycles. The van der Waals surface area contributed by atoms with Crippen molar-refractivity contribution in [1.82, 2.24) is 9.97 Å². The summed E-state index contributed by atoms with van der Waals surface area (Å²) in [6.45, 7) is 3.95. The van der Waals surface area contributed by atoms with Gasteiger partial charge < -0.3 is 14.8 Å². The second-order valence-corrected chi connectivity index (χ2v) is 8.73. The number of para-hydroxylation sites is 2. The van der Waals surface area contributed by atoms with Crippen LogP contribution >= 0.6 is 15.9 Å². The van der Waals surface area contributed by atoms with E-state index in [4.69, 9.17) is 0 Å². The maximum absolute atomic E-state index is 9.66. The van der Waals surface area contributed by atoms with Gasteiger partial charge in [0.15, 0.2) is 0 Å². The topological polar surface area (TPSA) is 59.0 Å². The van der Waals surface area contributed by atoms with Gasteiger partial charge in [0.05, 0.1) is 16.6 Å². The van der Waals surface area contributed by atoms with Crippen molar-refractivity contribution in [2.75, 3.05) is 36.0 Å². The minimum absolute atomic E-state index is 0.525. The van der Waals surface area contributed by atoms with Crippen LogP contribution in [0.25, 0.3) is 22.7 Å². The van der Waals surface area contributed by atoms with Crippen molar-refractivity contribution in [3.8, 4) is 6.07 Å². The first-order chi connectivity index (χ1) is 15.7. The molecule has 1 fully saturated rings. The van der Waals surface area contributed by atoms with Crippen LogP contribution in [0.2, 0.25) is 0 Å². The van der Waals surface area contributed by atoms with E-state index in [1.807, 2.05) is 30.3 Å². The number of fused-ring (bicyclic) bond motifs is 1. The van der Waals surface area contributed by atoms with E-state index in [0.717, 1.165) is 47.2 Å². The lowest BCUT2D eigenvalue weighted by molar-refractivity contribution is 0.653. The lowest BCUT2D eigenvalue weighted by Gasteiger charge is -2.37. The van der Waals surface area contributed by atoms with Gasteiger partial charge in [-0.05, 0) is 60.2 Å². The van der Waals surface area contributed by atoms with E-state index in [-0.39, 0.29) is 0 Å². The molecule has 0 unspecified atom stereocenters. The van der Waals surface area contributed by atoms with Crippen molar-refractivity contribution in [1.29, 1.82) is 5.26 Å². The van der Waals surface area contributed by atoms with Crippen LogP contribution in [0.3, 0.4) is 0 Å². The minimum Gasteiger partial charge on any atom is -0.368 e. The van der Waals surface area contributed by atoms with Gasteiger partial charge in [-0.2, -0.15) is 5.26 Å².